The molecule has 1 aliphatic heterocycles. The van der Waals surface area contributed by atoms with E-state index in [1.165, 1.54) is 11.0 Å². The van der Waals surface area contributed by atoms with Gasteiger partial charge in [0.1, 0.15) is 0 Å². The van der Waals surface area contributed by atoms with E-state index < -0.39 is 17.6 Å². The summed E-state index contributed by atoms with van der Waals surface area (Å²) in [5.74, 6) is -0.476. The van der Waals surface area contributed by atoms with Gasteiger partial charge in [-0.1, -0.05) is 0 Å². The van der Waals surface area contributed by atoms with Gasteiger partial charge < -0.3 is 16.0 Å². The van der Waals surface area contributed by atoms with Gasteiger partial charge in [-0.15, -0.1) is 12.4 Å². The van der Waals surface area contributed by atoms with Gasteiger partial charge in [0.15, 0.2) is 0 Å². The molecule has 1 saturated carbocycles. The number of nitrogens with zero attached hydrogens (tertiary/aromatic N) is 1. The molecule has 9 heteroatoms. The largest absolute Gasteiger partial charge is 0.416 e. The molecule has 2 amide bonds. The first-order valence-electron chi connectivity index (χ1n) is 8.32. The van der Waals surface area contributed by atoms with Crippen molar-refractivity contribution in [3.8, 4) is 0 Å². The molecule has 1 atom stereocenters. The van der Waals surface area contributed by atoms with Crippen molar-refractivity contribution >= 4 is 29.9 Å². The molecule has 1 heterocycles. The van der Waals surface area contributed by atoms with Crippen LogP contribution < -0.4 is 16.0 Å². The Morgan fingerprint density at radius 1 is 1.31 bits per heavy atom. The predicted octanol–water partition coefficient (Wildman–Crippen LogP) is 2.72. The molecule has 0 aromatic heterocycles. The molecule has 1 saturated heterocycles. The van der Waals surface area contributed by atoms with E-state index in [1.54, 1.807) is 0 Å². The molecule has 26 heavy (non-hydrogen) atoms. The Morgan fingerprint density at radius 2 is 2.00 bits per heavy atom. The van der Waals surface area contributed by atoms with E-state index in [0.717, 1.165) is 25.0 Å². The summed E-state index contributed by atoms with van der Waals surface area (Å²) in [5, 5.41) is 2.59. The standard InChI is InChI=1S/C17H20F3N3O2.ClH/c18-17(19,20)12-6-11(16(25)22-9-14(21)10-3-4-10)7-13(8-12)23-5-1-2-15(23)24;/h6-8,10,14H,1-5,9,21H2,(H,22,25);1H. The second-order valence-electron chi connectivity index (χ2n) is 6.63. The Labute approximate surface area is 155 Å². The molecule has 1 aromatic rings. The van der Waals surface area contributed by atoms with Crippen LogP contribution in [0.4, 0.5) is 18.9 Å². The first-order chi connectivity index (χ1) is 11.8. The Morgan fingerprint density at radius 3 is 2.54 bits per heavy atom. The molecular formula is C17H21ClF3N3O2. The minimum Gasteiger partial charge on any atom is -0.350 e. The number of hydrogen-bond donors (Lipinski definition) is 2. The van der Waals surface area contributed by atoms with Crippen molar-refractivity contribution in [2.75, 3.05) is 18.0 Å². The van der Waals surface area contributed by atoms with Crippen molar-refractivity contribution in [1.29, 1.82) is 0 Å². The summed E-state index contributed by atoms with van der Waals surface area (Å²) >= 11 is 0. The van der Waals surface area contributed by atoms with Crippen molar-refractivity contribution in [3.05, 3.63) is 29.3 Å². The number of carbonyl (C=O) groups is 2. The third-order valence-corrected chi connectivity index (χ3v) is 4.62. The van der Waals surface area contributed by atoms with E-state index in [0.29, 0.717) is 25.3 Å². The average Bonchev–Trinajstić information content (AvgIpc) is 3.32. The zero-order valence-electron chi connectivity index (χ0n) is 14.0. The van der Waals surface area contributed by atoms with Crippen LogP contribution in [0.25, 0.3) is 0 Å². The molecule has 5 nitrogen and oxygen atoms in total. The second-order valence-corrected chi connectivity index (χ2v) is 6.63. The van der Waals surface area contributed by atoms with Gasteiger partial charge in [0.25, 0.3) is 5.91 Å². The van der Waals surface area contributed by atoms with Crippen LogP contribution >= 0.6 is 12.4 Å². The van der Waals surface area contributed by atoms with Crippen molar-refractivity contribution in [2.45, 2.75) is 37.9 Å². The highest BCUT2D eigenvalue weighted by molar-refractivity contribution is 5.99. The smallest absolute Gasteiger partial charge is 0.350 e. The summed E-state index contributed by atoms with van der Waals surface area (Å²) in [7, 11) is 0. The van der Waals surface area contributed by atoms with E-state index >= 15 is 0 Å². The van der Waals surface area contributed by atoms with Crippen LogP contribution in [-0.2, 0) is 11.0 Å². The van der Waals surface area contributed by atoms with Crippen molar-refractivity contribution in [3.63, 3.8) is 0 Å². The number of rotatable bonds is 5. The third-order valence-electron chi connectivity index (χ3n) is 4.62. The zero-order valence-corrected chi connectivity index (χ0v) is 14.8. The molecule has 3 N–H and O–H groups in total. The van der Waals surface area contributed by atoms with Gasteiger partial charge in [0.2, 0.25) is 5.91 Å². The molecule has 1 unspecified atom stereocenters. The minimum absolute atomic E-state index is 0. The van der Waals surface area contributed by atoms with Gasteiger partial charge in [-0.3, -0.25) is 9.59 Å². The summed E-state index contributed by atoms with van der Waals surface area (Å²) in [5.41, 5.74) is 4.95. The second kappa shape index (κ2) is 7.84. The number of alkyl halides is 3. The van der Waals surface area contributed by atoms with E-state index in [4.69, 9.17) is 5.73 Å². The van der Waals surface area contributed by atoms with E-state index in [1.807, 2.05) is 0 Å². The number of carbonyl (C=O) groups excluding carboxylic acids is 2. The highest BCUT2D eigenvalue weighted by Crippen LogP contribution is 2.34. The fourth-order valence-electron chi connectivity index (χ4n) is 2.99. The van der Waals surface area contributed by atoms with E-state index in [9.17, 15) is 22.8 Å². The molecule has 2 aliphatic rings. The maximum absolute atomic E-state index is 13.2. The lowest BCUT2D eigenvalue weighted by Crippen LogP contribution is -2.38. The SMILES string of the molecule is Cl.NC(CNC(=O)c1cc(N2CCCC2=O)cc(C(F)(F)F)c1)C1CC1. The van der Waals surface area contributed by atoms with Gasteiger partial charge in [-0.2, -0.15) is 13.2 Å². The van der Waals surface area contributed by atoms with Gasteiger partial charge >= 0.3 is 6.18 Å². The van der Waals surface area contributed by atoms with Crippen LogP contribution in [0.1, 0.15) is 41.6 Å². The first-order valence-corrected chi connectivity index (χ1v) is 8.32. The highest BCUT2D eigenvalue weighted by Gasteiger charge is 2.34. The molecular weight excluding hydrogens is 371 g/mol. The number of nitrogens with two attached hydrogens (primary N) is 1. The van der Waals surface area contributed by atoms with Crippen molar-refractivity contribution in [1.82, 2.24) is 5.32 Å². The quantitative estimate of drug-likeness (QED) is 0.810. The maximum atomic E-state index is 13.2. The Balaban J connectivity index is 0.00000243. The molecule has 1 aromatic carbocycles. The van der Waals surface area contributed by atoms with Crippen molar-refractivity contribution < 1.29 is 22.8 Å². The van der Waals surface area contributed by atoms with E-state index in [2.05, 4.69) is 5.32 Å². The summed E-state index contributed by atoms with van der Waals surface area (Å²) in [6.07, 6.45) is -1.68. The summed E-state index contributed by atoms with van der Waals surface area (Å²) in [6.45, 7) is 0.575. The lowest BCUT2D eigenvalue weighted by molar-refractivity contribution is -0.137. The monoisotopic (exact) mass is 391 g/mol. The molecule has 2 fully saturated rings. The topological polar surface area (TPSA) is 75.4 Å². The first kappa shape index (κ1) is 20.5. The van der Waals surface area contributed by atoms with Crippen molar-refractivity contribution in [2.24, 2.45) is 11.7 Å². The lowest BCUT2D eigenvalue weighted by atomic mass is 10.1. The molecule has 3 rings (SSSR count). The van der Waals surface area contributed by atoms with Crippen LogP contribution in [0.5, 0.6) is 0 Å². The van der Waals surface area contributed by atoms with Gasteiger partial charge in [-0.05, 0) is 43.4 Å². The zero-order chi connectivity index (χ0) is 18.2. The fraction of sp³-hybridized carbons (Fsp3) is 0.529. The Hall–Kier alpha value is -1.80. The Bertz CT molecular complexity index is 692. The van der Waals surface area contributed by atoms with E-state index in [-0.39, 0.29) is 42.2 Å². The molecule has 0 radical (unpaired) electrons. The number of nitrogens with one attached hydrogen (secondary N) is 1. The molecule has 144 valence electrons. The number of anilines is 1. The predicted molar refractivity (Wildman–Crippen MR) is 93.3 cm³/mol. The van der Waals surface area contributed by atoms with Crippen LogP contribution in [0.2, 0.25) is 0 Å². The minimum atomic E-state index is -4.60. The summed E-state index contributed by atoms with van der Waals surface area (Å²) in [6, 6.07) is 2.86. The highest BCUT2D eigenvalue weighted by atomic mass is 35.5. The van der Waals surface area contributed by atoms with Crippen LogP contribution in [0.15, 0.2) is 18.2 Å². The summed E-state index contributed by atoms with van der Waals surface area (Å²) < 4.78 is 39.5. The van der Waals surface area contributed by atoms with Crippen LogP contribution in [0.3, 0.4) is 0 Å². The fourth-order valence-corrected chi connectivity index (χ4v) is 2.99. The lowest BCUT2D eigenvalue weighted by Gasteiger charge is -2.19. The summed E-state index contributed by atoms with van der Waals surface area (Å²) in [4.78, 5) is 25.4. The normalized spacial score (nSPS) is 18.5. The van der Waals surface area contributed by atoms with Gasteiger partial charge in [-0.25, -0.2) is 0 Å². The third kappa shape index (κ3) is 4.67. The van der Waals surface area contributed by atoms with Crippen LogP contribution in [-0.4, -0.2) is 30.9 Å². The number of halogens is 4. The van der Waals surface area contributed by atoms with Crippen LogP contribution in [0, 0.1) is 5.92 Å². The number of benzene rings is 1. The number of amides is 2. The average molecular weight is 392 g/mol. The molecule has 0 bridgehead atoms. The Kier molecular flexibility index (Phi) is 6.18. The van der Waals surface area contributed by atoms with Gasteiger partial charge in [0.05, 0.1) is 5.56 Å². The molecule has 0 spiro atoms. The maximum Gasteiger partial charge on any atom is 0.416 e. The molecule has 1 aliphatic carbocycles. The number of hydrogen-bond acceptors (Lipinski definition) is 3. The van der Waals surface area contributed by atoms with Gasteiger partial charge in [0, 0.05) is 36.8 Å².